The van der Waals surface area contributed by atoms with Crippen LogP contribution in [0.5, 0.6) is 0 Å². The summed E-state index contributed by atoms with van der Waals surface area (Å²) >= 11 is 0. The monoisotopic (exact) mass is 334 g/mol. The highest BCUT2D eigenvalue weighted by Gasteiger charge is 2.25. The van der Waals surface area contributed by atoms with Gasteiger partial charge in [0.15, 0.2) is 0 Å². The van der Waals surface area contributed by atoms with Gasteiger partial charge in [0.2, 0.25) is 0 Å². The largest absolute Gasteiger partial charge is 0.355 e. The van der Waals surface area contributed by atoms with E-state index in [1.54, 1.807) is 7.05 Å². The van der Waals surface area contributed by atoms with Gasteiger partial charge in [-0.1, -0.05) is 24.3 Å². The number of rotatable bonds is 3. The van der Waals surface area contributed by atoms with Crippen LogP contribution >= 0.6 is 0 Å². The summed E-state index contributed by atoms with van der Waals surface area (Å²) in [5, 5.41) is 2.66. The Bertz CT molecular complexity index is 913. The van der Waals surface area contributed by atoms with Crippen molar-refractivity contribution in [2.75, 3.05) is 27.2 Å². The van der Waals surface area contributed by atoms with Crippen molar-refractivity contribution in [3.63, 3.8) is 0 Å². The maximum absolute atomic E-state index is 11.8. The number of likely N-dealkylation sites (tertiary alicyclic amines) is 1. The number of carbonyl (C=O) groups is 1. The van der Waals surface area contributed by atoms with Gasteiger partial charge in [-0.25, -0.2) is 4.98 Å². The summed E-state index contributed by atoms with van der Waals surface area (Å²) in [5.74, 6) is 0.905. The van der Waals surface area contributed by atoms with Gasteiger partial charge in [-0.2, -0.15) is 0 Å². The first-order chi connectivity index (χ1) is 12.2. The molecule has 0 aliphatic carbocycles. The van der Waals surface area contributed by atoms with E-state index >= 15 is 0 Å². The van der Waals surface area contributed by atoms with Crippen molar-refractivity contribution in [2.45, 2.75) is 12.5 Å². The quantitative estimate of drug-likeness (QED) is 0.801. The zero-order chi connectivity index (χ0) is 17.4. The second-order valence-corrected chi connectivity index (χ2v) is 6.66. The molecule has 1 N–H and O–H groups in total. The summed E-state index contributed by atoms with van der Waals surface area (Å²) in [7, 11) is 3.81. The molecule has 4 rings (SSSR count). The number of amides is 1. The van der Waals surface area contributed by atoms with Crippen LogP contribution in [0.15, 0.2) is 48.5 Å². The highest BCUT2D eigenvalue weighted by atomic mass is 16.1. The Morgan fingerprint density at radius 2 is 1.92 bits per heavy atom. The minimum Gasteiger partial charge on any atom is -0.355 e. The molecule has 1 aliphatic heterocycles. The molecule has 5 heteroatoms. The van der Waals surface area contributed by atoms with Gasteiger partial charge in [0.05, 0.1) is 11.0 Å². The van der Waals surface area contributed by atoms with Crippen LogP contribution in [0.1, 0.15) is 22.8 Å². The van der Waals surface area contributed by atoms with Gasteiger partial charge in [0.1, 0.15) is 5.82 Å². The predicted molar refractivity (Wildman–Crippen MR) is 99.7 cm³/mol. The van der Waals surface area contributed by atoms with Crippen LogP contribution in [0, 0.1) is 0 Å². The van der Waals surface area contributed by atoms with E-state index in [0.29, 0.717) is 11.6 Å². The number of imidazole rings is 1. The lowest BCUT2D eigenvalue weighted by Crippen LogP contribution is -2.18. The molecule has 0 radical (unpaired) electrons. The van der Waals surface area contributed by atoms with Gasteiger partial charge in [-0.15, -0.1) is 0 Å². The van der Waals surface area contributed by atoms with E-state index in [9.17, 15) is 4.79 Å². The number of likely N-dealkylation sites (N-methyl/N-ethyl adjacent to an activating group) is 1. The normalized spacial score (nSPS) is 17.9. The molecule has 0 bridgehead atoms. The van der Waals surface area contributed by atoms with Crippen LogP contribution in [-0.4, -0.2) is 47.5 Å². The van der Waals surface area contributed by atoms with Crippen molar-refractivity contribution in [1.29, 1.82) is 0 Å². The Hall–Kier alpha value is -2.66. The van der Waals surface area contributed by atoms with Crippen molar-refractivity contribution in [3.05, 3.63) is 54.1 Å². The lowest BCUT2D eigenvalue weighted by Gasteiger charge is -2.17. The molecule has 0 unspecified atom stereocenters. The summed E-state index contributed by atoms with van der Waals surface area (Å²) in [6, 6.07) is 16.4. The molecule has 3 aromatic rings. The highest BCUT2D eigenvalue weighted by Crippen LogP contribution is 2.32. The van der Waals surface area contributed by atoms with Crippen LogP contribution in [0.25, 0.3) is 22.4 Å². The number of hydrogen-bond donors (Lipinski definition) is 1. The van der Waals surface area contributed by atoms with E-state index < -0.39 is 0 Å². The molecule has 1 amide bonds. The van der Waals surface area contributed by atoms with Gasteiger partial charge < -0.3 is 14.8 Å². The van der Waals surface area contributed by atoms with Crippen molar-refractivity contribution < 1.29 is 4.79 Å². The van der Waals surface area contributed by atoms with Crippen LogP contribution in [0.2, 0.25) is 0 Å². The van der Waals surface area contributed by atoms with Crippen LogP contribution in [0.3, 0.4) is 0 Å². The van der Waals surface area contributed by atoms with E-state index in [2.05, 4.69) is 40.0 Å². The van der Waals surface area contributed by atoms with E-state index in [-0.39, 0.29) is 5.91 Å². The second-order valence-electron chi connectivity index (χ2n) is 6.66. The number of nitrogens with one attached hydrogen (secondary N) is 1. The number of aromatic nitrogens is 2. The zero-order valence-corrected chi connectivity index (χ0v) is 14.6. The number of para-hydroxylation sites is 2. The van der Waals surface area contributed by atoms with Crippen molar-refractivity contribution in [3.8, 4) is 11.4 Å². The Balaban J connectivity index is 1.82. The second kappa shape index (κ2) is 6.33. The molecule has 1 aliphatic rings. The summed E-state index contributed by atoms with van der Waals surface area (Å²) in [4.78, 5) is 19.0. The van der Waals surface area contributed by atoms with Gasteiger partial charge in [0.25, 0.3) is 5.91 Å². The molecule has 1 atom stereocenters. The number of benzene rings is 2. The van der Waals surface area contributed by atoms with Crippen LogP contribution in [0.4, 0.5) is 0 Å². The molecule has 1 aromatic heterocycles. The minimum atomic E-state index is -0.0718. The summed E-state index contributed by atoms with van der Waals surface area (Å²) in [6.45, 7) is 2.13. The molecule has 1 fully saturated rings. The summed E-state index contributed by atoms with van der Waals surface area (Å²) in [5.41, 5.74) is 3.89. The fraction of sp³-hybridized carbons (Fsp3) is 0.300. The molecule has 2 aromatic carbocycles. The number of nitrogens with zero attached hydrogens (tertiary/aromatic N) is 3. The lowest BCUT2D eigenvalue weighted by atomic mass is 10.1. The average Bonchev–Trinajstić information content (AvgIpc) is 3.24. The third-order valence-corrected chi connectivity index (χ3v) is 4.96. The standard InChI is InChI=1S/C20H22N4O/c1-21-20(25)15-9-7-14(8-10-15)19-22-17-5-3-4-6-18(17)24(19)16-11-12-23(2)13-16/h3-10,16H,11-13H2,1-2H3,(H,21,25)/t16-/m0/s1. The summed E-state index contributed by atoms with van der Waals surface area (Å²) < 4.78 is 2.37. The Labute approximate surface area is 147 Å². The first-order valence-electron chi connectivity index (χ1n) is 8.65. The average molecular weight is 334 g/mol. The molecule has 2 heterocycles. The molecule has 0 spiro atoms. The molecule has 0 saturated carbocycles. The topological polar surface area (TPSA) is 50.2 Å². The van der Waals surface area contributed by atoms with Crippen molar-refractivity contribution in [1.82, 2.24) is 19.8 Å². The molecule has 1 saturated heterocycles. The molecule has 5 nitrogen and oxygen atoms in total. The molecular formula is C20H22N4O. The maximum atomic E-state index is 11.8. The van der Waals surface area contributed by atoms with E-state index in [4.69, 9.17) is 4.98 Å². The first kappa shape index (κ1) is 15.8. The Morgan fingerprint density at radius 3 is 2.60 bits per heavy atom. The molecule has 25 heavy (non-hydrogen) atoms. The number of hydrogen-bond acceptors (Lipinski definition) is 3. The van der Waals surface area contributed by atoms with Crippen LogP contribution in [-0.2, 0) is 0 Å². The fourth-order valence-corrected chi connectivity index (χ4v) is 3.66. The minimum absolute atomic E-state index is 0.0718. The molecule has 128 valence electrons. The first-order valence-corrected chi connectivity index (χ1v) is 8.65. The van der Waals surface area contributed by atoms with Gasteiger partial charge in [0, 0.05) is 30.8 Å². The maximum Gasteiger partial charge on any atom is 0.251 e. The fourth-order valence-electron chi connectivity index (χ4n) is 3.66. The van der Waals surface area contributed by atoms with Gasteiger partial charge in [-0.05, 0) is 44.3 Å². The summed E-state index contributed by atoms with van der Waals surface area (Å²) in [6.07, 6.45) is 1.13. The smallest absolute Gasteiger partial charge is 0.251 e. The number of fused-ring (bicyclic) bond motifs is 1. The molecular weight excluding hydrogens is 312 g/mol. The third-order valence-electron chi connectivity index (χ3n) is 4.96. The lowest BCUT2D eigenvalue weighted by molar-refractivity contribution is 0.0963. The van der Waals surface area contributed by atoms with E-state index in [1.165, 1.54) is 5.52 Å². The SMILES string of the molecule is CNC(=O)c1ccc(-c2nc3ccccc3n2[C@H]2CCN(C)C2)cc1. The number of carbonyl (C=O) groups excluding carboxylic acids is 1. The van der Waals surface area contributed by atoms with E-state index in [0.717, 1.165) is 36.4 Å². The predicted octanol–water partition coefficient (Wildman–Crippen LogP) is 2.94. The van der Waals surface area contributed by atoms with Crippen molar-refractivity contribution in [2.24, 2.45) is 0 Å². The Kier molecular flexibility index (Phi) is 4.01. The third kappa shape index (κ3) is 2.81. The van der Waals surface area contributed by atoms with Gasteiger partial charge in [-0.3, -0.25) is 4.79 Å². The van der Waals surface area contributed by atoms with Gasteiger partial charge >= 0.3 is 0 Å². The highest BCUT2D eigenvalue weighted by molar-refractivity contribution is 5.94. The Morgan fingerprint density at radius 1 is 1.16 bits per heavy atom. The van der Waals surface area contributed by atoms with Crippen molar-refractivity contribution >= 4 is 16.9 Å². The van der Waals surface area contributed by atoms with E-state index in [1.807, 2.05) is 30.3 Å². The zero-order valence-electron chi connectivity index (χ0n) is 14.6. The van der Waals surface area contributed by atoms with Crippen LogP contribution < -0.4 is 5.32 Å².